The number of hydrogen-bond donors (Lipinski definition) is 1. The van der Waals surface area contributed by atoms with Crippen LogP contribution in [0.25, 0.3) is 0 Å². The molecule has 2 aromatic rings. The average molecular weight is 398 g/mol. The van der Waals surface area contributed by atoms with Crippen LogP contribution in [0.2, 0.25) is 0 Å². The van der Waals surface area contributed by atoms with Gasteiger partial charge in [-0.1, -0.05) is 31.2 Å². The zero-order valence-corrected chi connectivity index (χ0v) is 16.8. The molecule has 2 saturated carbocycles. The van der Waals surface area contributed by atoms with Crippen LogP contribution in [0.4, 0.5) is 4.39 Å². The molecule has 2 aromatic carbocycles. The summed E-state index contributed by atoms with van der Waals surface area (Å²) < 4.78 is 25.5. The highest BCUT2D eigenvalue weighted by molar-refractivity contribution is 5.71. The quantitative estimate of drug-likeness (QED) is 0.628. The lowest BCUT2D eigenvalue weighted by Gasteiger charge is -2.21. The molecule has 1 N–H and O–H groups in total. The van der Waals surface area contributed by atoms with Crippen molar-refractivity contribution in [3.63, 3.8) is 0 Å². The van der Waals surface area contributed by atoms with Gasteiger partial charge in [0.25, 0.3) is 0 Å². The van der Waals surface area contributed by atoms with Crippen molar-refractivity contribution in [2.45, 2.75) is 38.0 Å². The molecule has 4 nitrogen and oxygen atoms in total. The molecular weight excluding hydrogens is 371 g/mol. The van der Waals surface area contributed by atoms with E-state index in [1.165, 1.54) is 7.11 Å². The first-order valence-electron chi connectivity index (χ1n) is 10.3. The summed E-state index contributed by atoms with van der Waals surface area (Å²) in [5, 5.41) is 9.47. The van der Waals surface area contributed by atoms with Crippen molar-refractivity contribution in [3.8, 4) is 11.5 Å². The number of carbonyl (C=O) groups is 1. The normalized spacial score (nSPS) is 22.6. The van der Waals surface area contributed by atoms with E-state index in [9.17, 15) is 14.3 Å². The maximum atomic E-state index is 14.5. The Morgan fingerprint density at radius 2 is 2.00 bits per heavy atom. The SMILES string of the molecule is COc1cccc([C@H]2C[C@@H]2COc2cccc([C@H](C3CC3)[C@H](C)C(=O)O)c2)c1F. The van der Waals surface area contributed by atoms with Crippen molar-refractivity contribution in [3.05, 3.63) is 59.4 Å². The Bertz CT molecular complexity index is 892. The van der Waals surface area contributed by atoms with Crippen LogP contribution in [0.3, 0.4) is 0 Å². The number of hydrogen-bond acceptors (Lipinski definition) is 3. The maximum absolute atomic E-state index is 14.5. The molecule has 0 heterocycles. The van der Waals surface area contributed by atoms with Gasteiger partial charge in [0.1, 0.15) is 5.75 Å². The first kappa shape index (κ1) is 19.7. The zero-order valence-electron chi connectivity index (χ0n) is 16.8. The van der Waals surface area contributed by atoms with Crippen molar-refractivity contribution in [2.75, 3.05) is 13.7 Å². The van der Waals surface area contributed by atoms with Crippen LogP contribution in [-0.4, -0.2) is 24.8 Å². The Morgan fingerprint density at radius 1 is 1.24 bits per heavy atom. The van der Waals surface area contributed by atoms with E-state index < -0.39 is 11.9 Å². The minimum absolute atomic E-state index is 0.0237. The van der Waals surface area contributed by atoms with Gasteiger partial charge >= 0.3 is 5.97 Å². The Kier molecular flexibility index (Phi) is 5.48. The number of carboxylic acids is 1. The minimum Gasteiger partial charge on any atom is -0.494 e. The van der Waals surface area contributed by atoms with Gasteiger partial charge in [0.05, 0.1) is 19.6 Å². The predicted molar refractivity (Wildman–Crippen MR) is 108 cm³/mol. The Hall–Kier alpha value is -2.56. The molecule has 0 amide bonds. The molecule has 29 heavy (non-hydrogen) atoms. The summed E-state index contributed by atoms with van der Waals surface area (Å²) >= 11 is 0. The molecule has 2 aliphatic carbocycles. The van der Waals surface area contributed by atoms with E-state index >= 15 is 0 Å². The van der Waals surface area contributed by atoms with E-state index in [0.29, 0.717) is 18.1 Å². The van der Waals surface area contributed by atoms with Crippen LogP contribution in [0.1, 0.15) is 49.1 Å². The van der Waals surface area contributed by atoms with E-state index in [4.69, 9.17) is 9.47 Å². The highest BCUT2D eigenvalue weighted by Crippen LogP contribution is 2.50. The van der Waals surface area contributed by atoms with Crippen LogP contribution >= 0.6 is 0 Å². The second-order valence-corrected chi connectivity index (χ2v) is 8.34. The number of halogens is 1. The van der Waals surface area contributed by atoms with Gasteiger partial charge < -0.3 is 14.6 Å². The standard InChI is InChI=1S/C24H27FO4/c1-14(24(26)27)22(15-9-10-15)16-5-3-6-18(11-16)29-13-17-12-20(17)19-7-4-8-21(28-2)23(19)25/h3-8,11,14-15,17,20,22H,9-10,12-13H2,1-2H3,(H,26,27)/t14-,17+,20-,22-/m0/s1. The highest BCUT2D eigenvalue weighted by atomic mass is 19.1. The van der Waals surface area contributed by atoms with Gasteiger partial charge in [-0.05, 0) is 66.3 Å². The maximum Gasteiger partial charge on any atom is 0.306 e. The molecule has 0 aromatic heterocycles. The number of rotatable bonds is 9. The molecule has 0 saturated heterocycles. The van der Waals surface area contributed by atoms with Gasteiger partial charge in [0.15, 0.2) is 11.6 Å². The molecule has 2 fully saturated rings. The summed E-state index contributed by atoms with van der Waals surface area (Å²) in [6.45, 7) is 2.31. The Labute approximate surface area is 170 Å². The monoisotopic (exact) mass is 398 g/mol. The molecule has 2 aliphatic rings. The molecule has 0 radical (unpaired) electrons. The first-order valence-corrected chi connectivity index (χ1v) is 10.3. The van der Waals surface area contributed by atoms with Crippen LogP contribution in [-0.2, 0) is 4.79 Å². The largest absolute Gasteiger partial charge is 0.494 e. The summed E-state index contributed by atoms with van der Waals surface area (Å²) in [7, 11) is 1.47. The van der Waals surface area contributed by atoms with Gasteiger partial charge in [-0.3, -0.25) is 4.79 Å². The van der Waals surface area contributed by atoms with Crippen molar-refractivity contribution < 1.29 is 23.8 Å². The van der Waals surface area contributed by atoms with E-state index in [1.807, 2.05) is 36.4 Å². The van der Waals surface area contributed by atoms with Crippen molar-refractivity contribution in [1.29, 1.82) is 0 Å². The van der Waals surface area contributed by atoms with Crippen LogP contribution in [0.15, 0.2) is 42.5 Å². The smallest absolute Gasteiger partial charge is 0.306 e. The summed E-state index contributed by atoms with van der Waals surface area (Å²) in [6, 6.07) is 13.1. The van der Waals surface area contributed by atoms with Gasteiger partial charge in [-0.2, -0.15) is 0 Å². The van der Waals surface area contributed by atoms with Crippen LogP contribution in [0, 0.1) is 23.6 Å². The fourth-order valence-corrected chi connectivity index (χ4v) is 4.38. The lowest BCUT2D eigenvalue weighted by Crippen LogP contribution is -2.20. The van der Waals surface area contributed by atoms with E-state index in [0.717, 1.165) is 30.6 Å². The lowest BCUT2D eigenvalue weighted by molar-refractivity contribution is -0.142. The fraction of sp³-hybridized carbons (Fsp3) is 0.458. The molecule has 4 rings (SSSR count). The van der Waals surface area contributed by atoms with Crippen LogP contribution < -0.4 is 9.47 Å². The zero-order chi connectivity index (χ0) is 20.5. The number of benzene rings is 2. The molecule has 5 heteroatoms. The van der Waals surface area contributed by atoms with E-state index in [2.05, 4.69) is 0 Å². The molecule has 0 spiro atoms. The third kappa shape index (κ3) is 4.24. The molecule has 0 aliphatic heterocycles. The topological polar surface area (TPSA) is 55.8 Å². The van der Waals surface area contributed by atoms with Gasteiger partial charge in [-0.15, -0.1) is 0 Å². The molecular formula is C24H27FO4. The van der Waals surface area contributed by atoms with Crippen LogP contribution in [0.5, 0.6) is 11.5 Å². The summed E-state index contributed by atoms with van der Waals surface area (Å²) in [4.78, 5) is 11.5. The first-order chi connectivity index (χ1) is 14.0. The highest BCUT2D eigenvalue weighted by Gasteiger charge is 2.41. The lowest BCUT2D eigenvalue weighted by atomic mass is 9.83. The molecule has 4 atom stereocenters. The van der Waals surface area contributed by atoms with Gasteiger partial charge in [0, 0.05) is 5.92 Å². The molecule has 0 bridgehead atoms. The molecule has 0 unspecified atom stereocenters. The third-order valence-electron chi connectivity index (χ3n) is 6.30. The van der Waals surface area contributed by atoms with Gasteiger partial charge in [0.2, 0.25) is 0 Å². The van der Waals surface area contributed by atoms with E-state index in [1.54, 1.807) is 13.0 Å². The Morgan fingerprint density at radius 3 is 2.69 bits per heavy atom. The average Bonchev–Trinajstić information content (AvgIpc) is 3.63. The second kappa shape index (κ2) is 8.05. The summed E-state index contributed by atoms with van der Waals surface area (Å²) in [5.41, 5.74) is 1.72. The van der Waals surface area contributed by atoms with Crippen molar-refractivity contribution in [2.24, 2.45) is 17.8 Å². The van der Waals surface area contributed by atoms with E-state index in [-0.39, 0.29) is 29.3 Å². The fourth-order valence-electron chi connectivity index (χ4n) is 4.38. The summed E-state index contributed by atoms with van der Waals surface area (Å²) in [5.74, 6) is 0.478. The summed E-state index contributed by atoms with van der Waals surface area (Å²) in [6.07, 6.45) is 3.07. The van der Waals surface area contributed by atoms with Gasteiger partial charge in [-0.25, -0.2) is 4.39 Å². The number of ether oxygens (including phenoxy) is 2. The number of carboxylic acid groups (broad SMARTS) is 1. The Balaban J connectivity index is 1.40. The number of aliphatic carboxylic acids is 1. The number of methoxy groups -OCH3 is 1. The predicted octanol–water partition coefficient (Wildman–Crippen LogP) is 5.23. The minimum atomic E-state index is -0.755. The van der Waals surface area contributed by atoms with Crippen molar-refractivity contribution >= 4 is 5.97 Å². The second-order valence-electron chi connectivity index (χ2n) is 8.34. The third-order valence-corrected chi connectivity index (χ3v) is 6.30. The molecule has 154 valence electrons. The van der Waals surface area contributed by atoms with Crippen molar-refractivity contribution in [1.82, 2.24) is 0 Å².